The first-order valence-electron chi connectivity index (χ1n) is 10.0. The number of Topliss-reactive ketones (excluding diaryl/α,β-unsaturated/α-hetero) is 1. The van der Waals surface area contributed by atoms with Gasteiger partial charge in [-0.15, -0.1) is 0 Å². The van der Waals surface area contributed by atoms with Crippen LogP contribution in [0.4, 0.5) is 4.39 Å². The molecule has 0 bridgehead atoms. The minimum Gasteiger partial charge on any atom is -0.352 e. The molecule has 3 rings (SSSR count). The number of ketones is 1. The lowest BCUT2D eigenvalue weighted by atomic mass is 9.78. The molecule has 0 saturated heterocycles. The van der Waals surface area contributed by atoms with E-state index in [-0.39, 0.29) is 30.1 Å². The van der Waals surface area contributed by atoms with Crippen molar-refractivity contribution >= 4 is 11.7 Å². The van der Waals surface area contributed by atoms with Gasteiger partial charge in [-0.1, -0.05) is 26.7 Å². The largest absolute Gasteiger partial charge is 0.352 e. The first-order valence-corrected chi connectivity index (χ1v) is 10.0. The van der Waals surface area contributed by atoms with Gasteiger partial charge < -0.3 is 9.88 Å². The number of nitrogens with zero attached hydrogens (tertiary/aromatic N) is 1. The number of hydrogen-bond acceptors (Lipinski definition) is 2. The number of hydrogen-bond donors (Lipinski definition) is 1. The molecule has 0 radical (unpaired) electrons. The first kappa shape index (κ1) is 20.3. The van der Waals surface area contributed by atoms with Crippen molar-refractivity contribution in [3.8, 4) is 11.3 Å². The number of nitrogens with one attached hydrogen (secondary N) is 1. The molecule has 28 heavy (non-hydrogen) atoms. The van der Waals surface area contributed by atoms with Crippen molar-refractivity contribution < 1.29 is 14.0 Å². The topological polar surface area (TPSA) is 51.1 Å². The van der Waals surface area contributed by atoms with Gasteiger partial charge in [-0.2, -0.15) is 0 Å². The highest BCUT2D eigenvalue weighted by Crippen LogP contribution is 2.30. The van der Waals surface area contributed by atoms with E-state index in [1.807, 2.05) is 11.5 Å². The maximum Gasteiger partial charge on any atom is 0.240 e. The van der Waals surface area contributed by atoms with Gasteiger partial charge in [-0.3, -0.25) is 9.59 Å². The summed E-state index contributed by atoms with van der Waals surface area (Å²) in [7, 11) is 0. The third kappa shape index (κ3) is 4.18. The summed E-state index contributed by atoms with van der Waals surface area (Å²) >= 11 is 0. The molecule has 1 heterocycles. The highest BCUT2D eigenvalue weighted by atomic mass is 19.1. The van der Waals surface area contributed by atoms with Gasteiger partial charge in [-0.25, -0.2) is 4.39 Å². The SMILES string of the molecule is CC(=O)c1cc(-c2ccc(F)cc2)n(CC(=O)N[C@@H]2CCC[C@H](C)[C@@H]2C)c1C. The molecular weight excluding hydrogens is 355 g/mol. The van der Waals surface area contributed by atoms with Crippen molar-refractivity contribution in [3.63, 3.8) is 0 Å². The van der Waals surface area contributed by atoms with Gasteiger partial charge in [0.15, 0.2) is 5.78 Å². The highest BCUT2D eigenvalue weighted by Gasteiger charge is 2.28. The lowest BCUT2D eigenvalue weighted by molar-refractivity contribution is -0.123. The summed E-state index contributed by atoms with van der Waals surface area (Å²) in [4.78, 5) is 24.9. The molecule has 1 aliphatic carbocycles. The minimum absolute atomic E-state index is 0.0465. The molecule has 2 aromatic rings. The van der Waals surface area contributed by atoms with Crippen molar-refractivity contribution in [1.82, 2.24) is 9.88 Å². The Labute approximate surface area is 166 Å². The lowest BCUT2D eigenvalue weighted by Crippen LogP contribution is -2.44. The second-order valence-electron chi connectivity index (χ2n) is 8.12. The second kappa shape index (κ2) is 8.29. The van der Waals surface area contributed by atoms with Crippen LogP contribution < -0.4 is 5.32 Å². The lowest BCUT2D eigenvalue weighted by Gasteiger charge is -2.34. The summed E-state index contributed by atoms with van der Waals surface area (Å²) in [5.74, 6) is 0.639. The summed E-state index contributed by atoms with van der Waals surface area (Å²) < 4.78 is 15.2. The van der Waals surface area contributed by atoms with Gasteiger partial charge in [0.05, 0.1) is 0 Å². The molecule has 1 saturated carbocycles. The van der Waals surface area contributed by atoms with Crippen LogP contribution in [0.15, 0.2) is 30.3 Å². The van der Waals surface area contributed by atoms with Crippen LogP contribution >= 0.6 is 0 Å². The number of aromatic nitrogens is 1. The van der Waals surface area contributed by atoms with Gasteiger partial charge in [-0.05, 0) is 68.0 Å². The quantitative estimate of drug-likeness (QED) is 0.757. The summed E-state index contributed by atoms with van der Waals surface area (Å²) in [6.45, 7) is 7.95. The Morgan fingerprint density at radius 1 is 1.18 bits per heavy atom. The fourth-order valence-electron chi connectivity index (χ4n) is 4.25. The van der Waals surface area contributed by atoms with Gasteiger partial charge in [0.1, 0.15) is 12.4 Å². The standard InChI is InChI=1S/C23H29FN2O2/c1-14-6-5-7-21(15(14)2)25-23(28)13-26-16(3)20(17(4)27)12-22(26)18-8-10-19(24)11-9-18/h8-12,14-15,21H,5-7,13H2,1-4H3,(H,25,28)/t14-,15-,21+/m0/s1. The number of carbonyl (C=O) groups is 2. The summed E-state index contributed by atoms with van der Waals surface area (Å²) in [6, 6.07) is 8.11. The van der Waals surface area contributed by atoms with Gasteiger partial charge in [0, 0.05) is 23.0 Å². The number of rotatable bonds is 5. The smallest absolute Gasteiger partial charge is 0.240 e. The Morgan fingerprint density at radius 3 is 2.50 bits per heavy atom. The van der Waals surface area contributed by atoms with E-state index in [2.05, 4.69) is 19.2 Å². The van der Waals surface area contributed by atoms with E-state index >= 15 is 0 Å². The molecule has 0 spiro atoms. The Kier molecular flexibility index (Phi) is 6.01. The molecule has 1 aromatic heterocycles. The molecule has 1 amide bonds. The Morgan fingerprint density at radius 2 is 1.86 bits per heavy atom. The van der Waals surface area contributed by atoms with E-state index < -0.39 is 0 Å². The fraction of sp³-hybridized carbons (Fsp3) is 0.478. The zero-order valence-corrected chi connectivity index (χ0v) is 17.1. The predicted octanol–water partition coefficient (Wildman–Crippen LogP) is 4.75. The Balaban J connectivity index is 1.86. The van der Waals surface area contributed by atoms with Crippen molar-refractivity contribution in [2.75, 3.05) is 0 Å². The zero-order valence-electron chi connectivity index (χ0n) is 17.1. The zero-order chi connectivity index (χ0) is 20.4. The molecule has 1 fully saturated rings. The molecule has 1 aromatic carbocycles. The van der Waals surface area contributed by atoms with Crippen molar-refractivity contribution in [2.45, 2.75) is 59.5 Å². The number of amides is 1. The molecule has 1 aliphatic rings. The minimum atomic E-state index is -0.316. The van der Waals surface area contributed by atoms with E-state index in [9.17, 15) is 14.0 Å². The van der Waals surface area contributed by atoms with Crippen molar-refractivity contribution in [2.24, 2.45) is 11.8 Å². The van der Waals surface area contributed by atoms with Crippen LogP contribution in [-0.4, -0.2) is 22.3 Å². The fourth-order valence-corrected chi connectivity index (χ4v) is 4.25. The highest BCUT2D eigenvalue weighted by molar-refractivity contribution is 5.97. The molecule has 3 atom stereocenters. The van der Waals surface area contributed by atoms with Gasteiger partial charge >= 0.3 is 0 Å². The van der Waals surface area contributed by atoms with Crippen LogP contribution in [0.2, 0.25) is 0 Å². The van der Waals surface area contributed by atoms with Gasteiger partial charge in [0.2, 0.25) is 5.91 Å². The van der Waals surface area contributed by atoms with Crippen LogP contribution in [0.1, 0.15) is 56.1 Å². The van der Waals surface area contributed by atoms with E-state index in [4.69, 9.17) is 0 Å². The Hall–Kier alpha value is -2.43. The number of benzene rings is 1. The molecule has 1 N–H and O–H groups in total. The molecule has 0 unspecified atom stereocenters. The van der Waals surface area contributed by atoms with Crippen LogP contribution in [0.5, 0.6) is 0 Å². The summed E-state index contributed by atoms with van der Waals surface area (Å²) in [5, 5.41) is 3.20. The van der Waals surface area contributed by atoms with E-state index in [0.717, 1.165) is 29.8 Å². The number of carbonyl (C=O) groups excluding carboxylic acids is 2. The van der Waals surface area contributed by atoms with E-state index in [1.54, 1.807) is 18.2 Å². The third-order valence-corrected chi connectivity index (χ3v) is 6.24. The average molecular weight is 384 g/mol. The summed E-state index contributed by atoms with van der Waals surface area (Å²) in [6.07, 6.45) is 3.35. The van der Waals surface area contributed by atoms with E-state index in [1.165, 1.54) is 25.5 Å². The maximum atomic E-state index is 13.3. The molecule has 5 heteroatoms. The monoisotopic (exact) mass is 384 g/mol. The van der Waals surface area contributed by atoms with Gasteiger partial charge in [0.25, 0.3) is 0 Å². The third-order valence-electron chi connectivity index (χ3n) is 6.24. The van der Waals surface area contributed by atoms with Crippen molar-refractivity contribution in [3.05, 3.63) is 47.4 Å². The Bertz CT molecular complexity index is 869. The molecule has 0 aliphatic heterocycles. The van der Waals surface area contributed by atoms with Crippen LogP contribution in [-0.2, 0) is 11.3 Å². The first-order chi connectivity index (χ1) is 13.3. The molecule has 150 valence electrons. The second-order valence-corrected chi connectivity index (χ2v) is 8.12. The maximum absolute atomic E-state index is 13.3. The molecule has 4 nitrogen and oxygen atoms in total. The van der Waals surface area contributed by atoms with Crippen molar-refractivity contribution in [1.29, 1.82) is 0 Å². The predicted molar refractivity (Wildman–Crippen MR) is 109 cm³/mol. The summed E-state index contributed by atoms with van der Waals surface area (Å²) in [5.41, 5.74) is 2.88. The normalized spacial score (nSPS) is 22.1. The van der Waals surface area contributed by atoms with Crippen LogP contribution in [0, 0.1) is 24.6 Å². The molecular formula is C23H29FN2O2. The number of halogens is 1. The average Bonchev–Trinajstić information content (AvgIpc) is 2.96. The van der Waals surface area contributed by atoms with E-state index in [0.29, 0.717) is 17.4 Å². The van der Waals surface area contributed by atoms with Crippen LogP contribution in [0.25, 0.3) is 11.3 Å². The van der Waals surface area contributed by atoms with Crippen LogP contribution in [0.3, 0.4) is 0 Å².